The molecule has 0 amide bonds. The molecular weight excluding hydrogens is 308 g/mol. The minimum absolute atomic E-state index is 0.321. The zero-order valence-electron chi connectivity index (χ0n) is 12.6. The predicted molar refractivity (Wildman–Crippen MR) is 86.0 cm³/mol. The number of nitrogens with zero attached hydrogens (tertiary/aromatic N) is 2. The second-order valence-electron chi connectivity index (χ2n) is 5.81. The zero-order chi connectivity index (χ0) is 15.5. The van der Waals surface area contributed by atoms with E-state index in [-0.39, 0.29) is 0 Å². The van der Waals surface area contributed by atoms with Crippen LogP contribution in [0, 0.1) is 5.92 Å². The highest BCUT2D eigenvalue weighted by Gasteiger charge is 2.25. The molecule has 1 aromatic rings. The van der Waals surface area contributed by atoms with Gasteiger partial charge in [0.1, 0.15) is 0 Å². The van der Waals surface area contributed by atoms with Gasteiger partial charge < -0.3 is 4.90 Å². The van der Waals surface area contributed by atoms with E-state index in [1.807, 2.05) is 6.07 Å². The molecule has 0 aromatic heterocycles. The van der Waals surface area contributed by atoms with Gasteiger partial charge in [0.05, 0.1) is 4.90 Å². The van der Waals surface area contributed by atoms with Crippen LogP contribution in [0.5, 0.6) is 0 Å². The SMILES string of the molecule is CN1CCC(CN(C)S(=O)(=O)c2cccc(CCl)c2)CC1. The van der Waals surface area contributed by atoms with Crippen LogP contribution >= 0.6 is 11.6 Å². The molecule has 1 aliphatic heterocycles. The summed E-state index contributed by atoms with van der Waals surface area (Å²) >= 11 is 5.78. The number of sulfonamides is 1. The van der Waals surface area contributed by atoms with Gasteiger partial charge in [-0.2, -0.15) is 0 Å². The molecule has 0 bridgehead atoms. The first-order chi connectivity index (χ1) is 9.93. The minimum Gasteiger partial charge on any atom is -0.306 e. The van der Waals surface area contributed by atoms with Gasteiger partial charge in [0.15, 0.2) is 0 Å². The Bertz CT molecular complexity index is 569. The number of benzene rings is 1. The Balaban J connectivity index is 2.07. The Hall–Kier alpha value is -0.620. The molecule has 0 aliphatic carbocycles. The maximum Gasteiger partial charge on any atom is 0.242 e. The van der Waals surface area contributed by atoms with Crippen molar-refractivity contribution >= 4 is 21.6 Å². The maximum atomic E-state index is 12.6. The first-order valence-corrected chi connectivity index (χ1v) is 9.20. The van der Waals surface area contributed by atoms with E-state index in [4.69, 9.17) is 11.6 Å². The highest BCUT2D eigenvalue weighted by Crippen LogP contribution is 2.22. The minimum atomic E-state index is -3.42. The summed E-state index contributed by atoms with van der Waals surface area (Å²) in [6.45, 7) is 2.67. The number of hydrogen-bond acceptors (Lipinski definition) is 3. The van der Waals surface area contributed by atoms with Crippen LogP contribution in [0.3, 0.4) is 0 Å². The van der Waals surface area contributed by atoms with E-state index in [0.29, 0.717) is 23.2 Å². The third-order valence-electron chi connectivity index (χ3n) is 4.11. The van der Waals surface area contributed by atoms with Crippen LogP contribution in [0.25, 0.3) is 0 Å². The van der Waals surface area contributed by atoms with Crippen molar-refractivity contribution in [3.8, 4) is 0 Å². The van der Waals surface area contributed by atoms with Gasteiger partial charge in [0, 0.05) is 19.5 Å². The van der Waals surface area contributed by atoms with Gasteiger partial charge in [-0.25, -0.2) is 12.7 Å². The van der Waals surface area contributed by atoms with Gasteiger partial charge >= 0.3 is 0 Å². The zero-order valence-corrected chi connectivity index (χ0v) is 14.2. The summed E-state index contributed by atoms with van der Waals surface area (Å²) in [4.78, 5) is 2.62. The lowest BCUT2D eigenvalue weighted by atomic mass is 9.97. The van der Waals surface area contributed by atoms with Crippen molar-refractivity contribution in [3.63, 3.8) is 0 Å². The summed E-state index contributed by atoms with van der Waals surface area (Å²) in [5, 5.41) is 0. The summed E-state index contributed by atoms with van der Waals surface area (Å²) in [5.41, 5.74) is 0.824. The molecule has 6 heteroatoms. The maximum absolute atomic E-state index is 12.6. The number of halogens is 1. The molecule has 0 unspecified atom stereocenters. The molecule has 1 aliphatic rings. The molecule has 2 rings (SSSR count). The van der Waals surface area contributed by atoms with Crippen molar-refractivity contribution in [2.24, 2.45) is 5.92 Å². The van der Waals surface area contributed by atoms with Gasteiger partial charge in [-0.15, -0.1) is 11.6 Å². The van der Waals surface area contributed by atoms with E-state index in [9.17, 15) is 8.42 Å². The summed E-state index contributed by atoms with van der Waals surface area (Å²) < 4.78 is 26.7. The van der Waals surface area contributed by atoms with E-state index >= 15 is 0 Å². The van der Waals surface area contributed by atoms with Crippen LogP contribution in [0.4, 0.5) is 0 Å². The second-order valence-corrected chi connectivity index (χ2v) is 8.13. The average Bonchev–Trinajstić information content (AvgIpc) is 2.49. The fourth-order valence-electron chi connectivity index (χ4n) is 2.68. The van der Waals surface area contributed by atoms with E-state index in [0.717, 1.165) is 31.5 Å². The van der Waals surface area contributed by atoms with Gasteiger partial charge in [-0.05, 0) is 56.6 Å². The molecule has 0 radical (unpaired) electrons. The Labute approximate surface area is 132 Å². The second kappa shape index (κ2) is 7.09. The third-order valence-corrected chi connectivity index (χ3v) is 6.24. The Morgan fingerprint density at radius 2 is 2.00 bits per heavy atom. The standard InChI is InChI=1S/C15H23ClN2O2S/c1-17-8-6-13(7-9-17)12-18(2)21(19,20)15-5-3-4-14(10-15)11-16/h3-5,10,13H,6-9,11-12H2,1-2H3. The highest BCUT2D eigenvalue weighted by molar-refractivity contribution is 7.89. The third kappa shape index (κ3) is 4.19. The number of likely N-dealkylation sites (tertiary alicyclic amines) is 1. The molecule has 1 heterocycles. The highest BCUT2D eigenvalue weighted by atomic mass is 35.5. The van der Waals surface area contributed by atoms with Crippen molar-refractivity contribution in [2.75, 3.05) is 33.7 Å². The fourth-order valence-corrected chi connectivity index (χ4v) is 4.16. The van der Waals surface area contributed by atoms with Crippen molar-refractivity contribution < 1.29 is 8.42 Å². The fraction of sp³-hybridized carbons (Fsp3) is 0.600. The van der Waals surface area contributed by atoms with Crippen LogP contribution < -0.4 is 0 Å². The van der Waals surface area contributed by atoms with Gasteiger partial charge in [0.25, 0.3) is 0 Å². The normalized spacial score (nSPS) is 18.3. The topological polar surface area (TPSA) is 40.6 Å². The quantitative estimate of drug-likeness (QED) is 0.778. The van der Waals surface area contributed by atoms with Crippen LogP contribution in [0.1, 0.15) is 18.4 Å². The summed E-state index contributed by atoms with van der Waals surface area (Å²) in [6.07, 6.45) is 2.11. The first-order valence-electron chi connectivity index (χ1n) is 7.23. The van der Waals surface area contributed by atoms with E-state index < -0.39 is 10.0 Å². The lowest BCUT2D eigenvalue weighted by Gasteiger charge is -2.31. The number of rotatable bonds is 5. The van der Waals surface area contributed by atoms with Gasteiger partial charge in [0.2, 0.25) is 10.0 Å². The lowest BCUT2D eigenvalue weighted by Crippen LogP contribution is -2.37. The Kier molecular flexibility index (Phi) is 5.66. The monoisotopic (exact) mass is 330 g/mol. The number of alkyl halides is 1. The smallest absolute Gasteiger partial charge is 0.242 e. The molecule has 1 aromatic carbocycles. The molecule has 0 atom stereocenters. The van der Waals surface area contributed by atoms with Crippen molar-refractivity contribution in [2.45, 2.75) is 23.6 Å². The number of piperidine rings is 1. The molecule has 0 saturated carbocycles. The van der Waals surface area contributed by atoms with Crippen molar-refractivity contribution in [3.05, 3.63) is 29.8 Å². The van der Waals surface area contributed by atoms with Gasteiger partial charge in [-0.3, -0.25) is 0 Å². The number of hydrogen-bond donors (Lipinski definition) is 0. The van der Waals surface area contributed by atoms with E-state index in [1.54, 1.807) is 25.2 Å². The van der Waals surface area contributed by atoms with E-state index in [1.165, 1.54) is 4.31 Å². The Morgan fingerprint density at radius 3 is 2.62 bits per heavy atom. The van der Waals surface area contributed by atoms with Crippen molar-refractivity contribution in [1.29, 1.82) is 0 Å². The molecule has 0 N–H and O–H groups in total. The first kappa shape index (κ1) is 16.7. The van der Waals surface area contributed by atoms with E-state index in [2.05, 4.69) is 11.9 Å². The summed E-state index contributed by atoms with van der Waals surface area (Å²) in [5.74, 6) is 0.763. The van der Waals surface area contributed by atoms with Crippen LogP contribution in [0.15, 0.2) is 29.2 Å². The van der Waals surface area contributed by atoms with Crippen LogP contribution in [-0.2, 0) is 15.9 Å². The largest absolute Gasteiger partial charge is 0.306 e. The molecule has 1 saturated heterocycles. The molecule has 118 valence electrons. The van der Waals surface area contributed by atoms with Crippen LogP contribution in [-0.4, -0.2) is 51.4 Å². The Morgan fingerprint density at radius 1 is 1.33 bits per heavy atom. The lowest BCUT2D eigenvalue weighted by molar-refractivity contribution is 0.202. The van der Waals surface area contributed by atoms with Crippen LogP contribution in [0.2, 0.25) is 0 Å². The predicted octanol–water partition coefficient (Wildman–Crippen LogP) is 2.39. The molecule has 1 fully saturated rings. The summed E-state index contributed by atoms with van der Waals surface area (Å²) in [6, 6.07) is 6.88. The average molecular weight is 331 g/mol. The van der Waals surface area contributed by atoms with Crippen molar-refractivity contribution in [1.82, 2.24) is 9.21 Å². The molecular formula is C15H23ClN2O2S. The summed E-state index contributed by atoms with van der Waals surface area (Å²) in [7, 11) is 0.350. The molecule has 0 spiro atoms. The van der Waals surface area contributed by atoms with Gasteiger partial charge in [-0.1, -0.05) is 12.1 Å². The molecule has 21 heavy (non-hydrogen) atoms. The molecule has 4 nitrogen and oxygen atoms in total.